The van der Waals surface area contributed by atoms with Crippen LogP contribution in [0.3, 0.4) is 0 Å². The van der Waals surface area contributed by atoms with E-state index < -0.39 is 0 Å². The van der Waals surface area contributed by atoms with E-state index in [2.05, 4.69) is 19.2 Å². The van der Waals surface area contributed by atoms with Crippen molar-refractivity contribution in [2.45, 2.75) is 39.2 Å². The number of nitrogens with one attached hydrogen (secondary N) is 1. The third-order valence-electron chi connectivity index (χ3n) is 3.64. The summed E-state index contributed by atoms with van der Waals surface area (Å²) in [5.74, 6) is 0.389. The van der Waals surface area contributed by atoms with Crippen molar-refractivity contribution in [3.8, 4) is 0 Å². The van der Waals surface area contributed by atoms with Gasteiger partial charge in [-0.3, -0.25) is 4.79 Å². The van der Waals surface area contributed by atoms with E-state index in [-0.39, 0.29) is 5.41 Å². The van der Waals surface area contributed by atoms with Gasteiger partial charge < -0.3 is 10.2 Å². The van der Waals surface area contributed by atoms with Crippen LogP contribution in [0.5, 0.6) is 0 Å². The Morgan fingerprint density at radius 3 is 2.71 bits per heavy atom. The molecule has 0 aliphatic carbocycles. The van der Waals surface area contributed by atoms with Crippen molar-refractivity contribution in [3.05, 3.63) is 0 Å². The molecule has 2 heterocycles. The number of carbonyl (C=O) groups is 1. The van der Waals surface area contributed by atoms with Gasteiger partial charge in [-0.05, 0) is 39.7 Å². The topological polar surface area (TPSA) is 32.3 Å². The summed E-state index contributed by atoms with van der Waals surface area (Å²) in [6, 6.07) is 0.365. The first-order valence-corrected chi connectivity index (χ1v) is 5.67. The molecule has 1 atom stereocenters. The predicted molar refractivity (Wildman–Crippen MR) is 56.0 cm³/mol. The summed E-state index contributed by atoms with van der Waals surface area (Å²) in [4.78, 5) is 14.2. The molecule has 1 amide bonds. The van der Waals surface area contributed by atoms with Gasteiger partial charge in [-0.1, -0.05) is 0 Å². The van der Waals surface area contributed by atoms with E-state index >= 15 is 0 Å². The van der Waals surface area contributed by atoms with Gasteiger partial charge in [0.15, 0.2) is 0 Å². The molecule has 0 bridgehead atoms. The molecule has 80 valence electrons. The first-order chi connectivity index (χ1) is 6.66. The second-order valence-corrected chi connectivity index (χ2v) is 4.90. The van der Waals surface area contributed by atoms with Gasteiger partial charge in [-0.25, -0.2) is 0 Å². The fourth-order valence-corrected chi connectivity index (χ4v) is 2.70. The van der Waals surface area contributed by atoms with Crippen LogP contribution in [0.4, 0.5) is 0 Å². The zero-order chi connectivity index (χ0) is 10.2. The molecule has 2 aliphatic rings. The monoisotopic (exact) mass is 196 g/mol. The Balaban J connectivity index is 2.11. The average molecular weight is 196 g/mol. The first-order valence-electron chi connectivity index (χ1n) is 5.67. The minimum atomic E-state index is -0.0392. The van der Waals surface area contributed by atoms with Crippen molar-refractivity contribution < 1.29 is 4.79 Å². The van der Waals surface area contributed by atoms with Crippen molar-refractivity contribution in [2.75, 3.05) is 19.6 Å². The summed E-state index contributed by atoms with van der Waals surface area (Å²) in [7, 11) is 0. The SMILES string of the molecule is CC(C)N1CC[C@@]2(CCCNC2)C1=O. The number of hydrogen-bond donors (Lipinski definition) is 1. The largest absolute Gasteiger partial charge is 0.340 e. The van der Waals surface area contributed by atoms with Gasteiger partial charge >= 0.3 is 0 Å². The summed E-state index contributed by atoms with van der Waals surface area (Å²) in [5, 5.41) is 3.36. The van der Waals surface area contributed by atoms with Gasteiger partial charge in [-0.2, -0.15) is 0 Å². The van der Waals surface area contributed by atoms with Crippen LogP contribution >= 0.6 is 0 Å². The third kappa shape index (κ3) is 1.44. The van der Waals surface area contributed by atoms with Crippen LogP contribution in [-0.4, -0.2) is 36.5 Å². The molecule has 14 heavy (non-hydrogen) atoms. The van der Waals surface area contributed by atoms with E-state index in [4.69, 9.17) is 0 Å². The van der Waals surface area contributed by atoms with E-state index in [1.165, 1.54) is 0 Å². The van der Waals surface area contributed by atoms with Crippen molar-refractivity contribution in [2.24, 2.45) is 5.41 Å². The fraction of sp³-hybridized carbons (Fsp3) is 0.909. The van der Waals surface area contributed by atoms with Crippen LogP contribution < -0.4 is 5.32 Å². The molecule has 0 aromatic carbocycles. The molecule has 1 spiro atoms. The van der Waals surface area contributed by atoms with E-state index in [1.807, 2.05) is 4.90 Å². The van der Waals surface area contributed by atoms with Gasteiger partial charge in [0.05, 0.1) is 5.41 Å². The molecule has 1 N–H and O–H groups in total. The smallest absolute Gasteiger partial charge is 0.230 e. The van der Waals surface area contributed by atoms with Crippen molar-refractivity contribution in [3.63, 3.8) is 0 Å². The molecule has 3 nitrogen and oxygen atoms in total. The van der Waals surface area contributed by atoms with Crippen molar-refractivity contribution >= 4 is 5.91 Å². The van der Waals surface area contributed by atoms with Crippen LogP contribution in [0, 0.1) is 5.41 Å². The zero-order valence-electron chi connectivity index (χ0n) is 9.18. The normalized spacial score (nSPS) is 33.4. The van der Waals surface area contributed by atoms with Crippen LogP contribution in [0.1, 0.15) is 33.1 Å². The molecule has 0 saturated carbocycles. The molecule has 2 fully saturated rings. The summed E-state index contributed by atoms with van der Waals surface area (Å²) in [5.41, 5.74) is -0.0392. The molecule has 0 aromatic rings. The molecular formula is C11H20N2O. The maximum Gasteiger partial charge on any atom is 0.230 e. The molecule has 2 rings (SSSR count). The highest BCUT2D eigenvalue weighted by atomic mass is 16.2. The molecule has 0 unspecified atom stereocenters. The average Bonchev–Trinajstić information content (AvgIpc) is 2.46. The number of rotatable bonds is 1. The summed E-state index contributed by atoms with van der Waals surface area (Å²) < 4.78 is 0. The van der Waals surface area contributed by atoms with Crippen molar-refractivity contribution in [1.82, 2.24) is 10.2 Å². The Labute approximate surface area is 85.8 Å². The number of piperidine rings is 1. The van der Waals surface area contributed by atoms with Gasteiger partial charge in [-0.15, -0.1) is 0 Å². The standard InChI is InChI=1S/C11H20N2O/c1-9(2)13-7-5-11(10(13)14)4-3-6-12-8-11/h9,12H,3-8H2,1-2H3/t11-/m1/s1. The summed E-state index contributed by atoms with van der Waals surface area (Å²) >= 11 is 0. The summed E-state index contributed by atoms with van der Waals surface area (Å²) in [6.45, 7) is 7.14. The molecule has 2 saturated heterocycles. The second kappa shape index (κ2) is 3.54. The number of nitrogens with zero attached hydrogens (tertiary/aromatic N) is 1. The minimum absolute atomic E-state index is 0.0392. The number of hydrogen-bond acceptors (Lipinski definition) is 2. The van der Waals surface area contributed by atoms with Crippen LogP contribution in [0.2, 0.25) is 0 Å². The van der Waals surface area contributed by atoms with E-state index in [1.54, 1.807) is 0 Å². The molecule has 0 aromatic heterocycles. The quantitative estimate of drug-likeness (QED) is 0.678. The molecular weight excluding hydrogens is 176 g/mol. The predicted octanol–water partition coefficient (Wildman–Crippen LogP) is 0.997. The molecule has 2 aliphatic heterocycles. The Morgan fingerprint density at radius 1 is 1.43 bits per heavy atom. The lowest BCUT2D eigenvalue weighted by Gasteiger charge is -2.33. The Kier molecular flexibility index (Phi) is 2.52. The highest BCUT2D eigenvalue weighted by molar-refractivity contribution is 5.85. The fourth-order valence-electron chi connectivity index (χ4n) is 2.70. The Hall–Kier alpha value is -0.570. The zero-order valence-corrected chi connectivity index (χ0v) is 9.18. The highest BCUT2D eigenvalue weighted by Crippen LogP contribution is 2.38. The Morgan fingerprint density at radius 2 is 2.21 bits per heavy atom. The minimum Gasteiger partial charge on any atom is -0.340 e. The lowest BCUT2D eigenvalue weighted by molar-refractivity contribution is -0.138. The van der Waals surface area contributed by atoms with Crippen LogP contribution in [0.25, 0.3) is 0 Å². The lowest BCUT2D eigenvalue weighted by Crippen LogP contribution is -2.46. The van der Waals surface area contributed by atoms with Crippen molar-refractivity contribution in [1.29, 1.82) is 0 Å². The number of amides is 1. The maximum absolute atomic E-state index is 12.2. The van der Waals surface area contributed by atoms with Gasteiger partial charge in [0.2, 0.25) is 5.91 Å². The van der Waals surface area contributed by atoms with Crippen LogP contribution in [-0.2, 0) is 4.79 Å². The third-order valence-corrected chi connectivity index (χ3v) is 3.64. The number of likely N-dealkylation sites (tertiary alicyclic amines) is 1. The van der Waals surface area contributed by atoms with Gasteiger partial charge in [0.25, 0.3) is 0 Å². The second-order valence-electron chi connectivity index (χ2n) is 4.90. The van der Waals surface area contributed by atoms with E-state index in [0.29, 0.717) is 11.9 Å². The van der Waals surface area contributed by atoms with Crippen LogP contribution in [0.15, 0.2) is 0 Å². The van der Waals surface area contributed by atoms with E-state index in [9.17, 15) is 4.79 Å². The summed E-state index contributed by atoms with van der Waals surface area (Å²) in [6.07, 6.45) is 3.29. The van der Waals surface area contributed by atoms with E-state index in [0.717, 1.165) is 38.9 Å². The highest BCUT2D eigenvalue weighted by Gasteiger charge is 2.47. The van der Waals surface area contributed by atoms with Gasteiger partial charge in [0.1, 0.15) is 0 Å². The van der Waals surface area contributed by atoms with Gasteiger partial charge in [0, 0.05) is 19.1 Å². The molecule has 0 radical (unpaired) electrons. The Bertz CT molecular complexity index is 231. The molecule has 3 heteroatoms. The number of carbonyl (C=O) groups excluding carboxylic acids is 1. The first kappa shape index (κ1) is 9.97. The maximum atomic E-state index is 12.2. The lowest BCUT2D eigenvalue weighted by atomic mass is 9.79.